The Bertz CT molecular complexity index is 1100. The molecule has 0 aliphatic carbocycles. The van der Waals surface area contributed by atoms with E-state index in [1.807, 2.05) is 25.1 Å². The van der Waals surface area contributed by atoms with E-state index in [0.717, 1.165) is 5.56 Å². The molecule has 1 unspecified atom stereocenters. The zero-order valence-electron chi connectivity index (χ0n) is 16.4. The molecule has 0 bridgehead atoms. The van der Waals surface area contributed by atoms with Gasteiger partial charge in [-0.25, -0.2) is 4.79 Å². The molecule has 0 spiro atoms. The predicted octanol–water partition coefficient (Wildman–Crippen LogP) is -0.0341. The van der Waals surface area contributed by atoms with E-state index in [1.165, 1.54) is 16.2 Å². The molecule has 0 amide bonds. The molecule has 10 nitrogen and oxygen atoms in total. The van der Waals surface area contributed by atoms with E-state index in [1.54, 1.807) is 6.07 Å². The van der Waals surface area contributed by atoms with E-state index in [0.29, 0.717) is 24.7 Å². The summed E-state index contributed by atoms with van der Waals surface area (Å²) in [5.74, 6) is 0.968. The molecule has 1 aromatic carbocycles. The molecule has 0 aliphatic heterocycles. The Balaban J connectivity index is 1.87. The number of hydrogen-bond donors (Lipinski definition) is 4. The molecule has 0 aliphatic rings. The number of aliphatic hydroxyl groups is 2. The van der Waals surface area contributed by atoms with Gasteiger partial charge in [-0.1, -0.05) is 12.1 Å². The summed E-state index contributed by atoms with van der Waals surface area (Å²) < 4.78 is 8.40. The summed E-state index contributed by atoms with van der Waals surface area (Å²) in [5, 5.41) is 22.5. The Morgan fingerprint density at radius 1 is 1.34 bits per heavy atom. The smallest absolute Gasteiger partial charge is 0.329 e. The molecule has 0 radical (unpaired) electrons. The van der Waals surface area contributed by atoms with Gasteiger partial charge in [0.2, 0.25) is 5.95 Å². The van der Waals surface area contributed by atoms with E-state index < -0.39 is 17.4 Å². The van der Waals surface area contributed by atoms with Crippen LogP contribution in [0.4, 0.5) is 5.95 Å². The Morgan fingerprint density at radius 3 is 2.86 bits per heavy atom. The van der Waals surface area contributed by atoms with Gasteiger partial charge in [-0.15, -0.1) is 0 Å². The molecular formula is C19H25N5O5. The van der Waals surface area contributed by atoms with Gasteiger partial charge in [-0.2, -0.15) is 4.98 Å². The van der Waals surface area contributed by atoms with Gasteiger partial charge in [0.05, 0.1) is 6.54 Å². The summed E-state index contributed by atoms with van der Waals surface area (Å²) in [4.78, 5) is 30.9. The summed E-state index contributed by atoms with van der Waals surface area (Å²) in [6.07, 6.45) is -0.444. The molecule has 1 atom stereocenters. The van der Waals surface area contributed by atoms with Crippen LogP contribution in [0.15, 0.2) is 33.9 Å². The molecule has 2 aromatic heterocycles. The van der Waals surface area contributed by atoms with Crippen LogP contribution in [-0.4, -0.2) is 55.2 Å². The fraction of sp³-hybridized carbons (Fsp3) is 0.421. The third kappa shape index (κ3) is 4.66. The van der Waals surface area contributed by atoms with Crippen LogP contribution in [-0.2, 0) is 13.6 Å². The molecule has 2 heterocycles. The van der Waals surface area contributed by atoms with Gasteiger partial charge in [-0.3, -0.25) is 14.3 Å². The number of aryl methyl sites for hydroxylation is 2. The number of nitrogens with one attached hydrogen (secondary N) is 2. The normalized spacial score (nSPS) is 12.3. The van der Waals surface area contributed by atoms with Crippen LogP contribution < -0.4 is 21.3 Å². The van der Waals surface area contributed by atoms with Crippen molar-refractivity contribution < 1.29 is 14.9 Å². The first-order valence-corrected chi connectivity index (χ1v) is 9.32. The minimum atomic E-state index is -0.928. The highest BCUT2D eigenvalue weighted by molar-refractivity contribution is 5.74. The van der Waals surface area contributed by atoms with Crippen molar-refractivity contribution in [3.05, 3.63) is 50.7 Å². The van der Waals surface area contributed by atoms with Gasteiger partial charge in [0.15, 0.2) is 11.2 Å². The summed E-state index contributed by atoms with van der Waals surface area (Å²) in [5.41, 5.74) is 0.265. The highest BCUT2D eigenvalue weighted by Crippen LogP contribution is 2.17. The van der Waals surface area contributed by atoms with Crippen molar-refractivity contribution in [3.63, 3.8) is 0 Å². The second kappa shape index (κ2) is 8.93. The van der Waals surface area contributed by atoms with E-state index in [-0.39, 0.29) is 30.9 Å². The van der Waals surface area contributed by atoms with E-state index >= 15 is 0 Å². The van der Waals surface area contributed by atoms with Crippen molar-refractivity contribution in [1.29, 1.82) is 0 Å². The number of nitrogens with zero attached hydrogens (tertiary/aromatic N) is 3. The second-order valence-electron chi connectivity index (χ2n) is 6.82. The molecule has 0 saturated heterocycles. The first-order valence-electron chi connectivity index (χ1n) is 9.32. The minimum absolute atomic E-state index is 0.000739. The standard InChI is InChI=1S/C19H25N5O5/c1-12-5-3-6-14(9-12)29-11-13(26)10-24-15-16(21-18(24)20-7-4-8-25)23(2)19(28)22-17(15)27/h3,5-6,9,13,25-26H,4,7-8,10-11H2,1-2H3,(H,20,21)(H,22,27,28). The van der Waals surface area contributed by atoms with E-state index in [9.17, 15) is 14.7 Å². The lowest BCUT2D eigenvalue weighted by molar-refractivity contribution is 0.0938. The molecule has 4 N–H and O–H groups in total. The zero-order chi connectivity index (χ0) is 21.0. The van der Waals surface area contributed by atoms with Crippen LogP contribution in [0.1, 0.15) is 12.0 Å². The third-order valence-electron chi connectivity index (χ3n) is 4.45. The fourth-order valence-electron chi connectivity index (χ4n) is 2.99. The minimum Gasteiger partial charge on any atom is -0.491 e. The van der Waals surface area contributed by atoms with E-state index in [4.69, 9.17) is 9.84 Å². The lowest BCUT2D eigenvalue weighted by atomic mass is 10.2. The van der Waals surface area contributed by atoms with Crippen LogP contribution in [0, 0.1) is 6.92 Å². The van der Waals surface area contributed by atoms with Crippen molar-refractivity contribution in [2.75, 3.05) is 25.1 Å². The molecule has 156 valence electrons. The number of anilines is 1. The number of H-pyrrole nitrogens is 1. The average molecular weight is 403 g/mol. The molecular weight excluding hydrogens is 378 g/mol. The molecule has 3 rings (SSSR count). The lowest BCUT2D eigenvalue weighted by Gasteiger charge is -2.16. The van der Waals surface area contributed by atoms with Crippen LogP contribution in [0.2, 0.25) is 0 Å². The zero-order valence-corrected chi connectivity index (χ0v) is 16.4. The predicted molar refractivity (Wildman–Crippen MR) is 108 cm³/mol. The number of benzene rings is 1. The van der Waals surface area contributed by atoms with Gasteiger partial charge in [0, 0.05) is 20.2 Å². The summed E-state index contributed by atoms with van der Waals surface area (Å²) in [6, 6.07) is 7.47. The highest BCUT2D eigenvalue weighted by atomic mass is 16.5. The summed E-state index contributed by atoms with van der Waals surface area (Å²) in [6.45, 7) is 2.41. The second-order valence-corrected chi connectivity index (χ2v) is 6.82. The van der Waals surface area contributed by atoms with Crippen LogP contribution in [0.5, 0.6) is 5.75 Å². The number of imidazole rings is 1. The average Bonchev–Trinajstić information content (AvgIpc) is 3.04. The number of fused-ring (bicyclic) bond motifs is 1. The Hall–Kier alpha value is -3.11. The van der Waals surface area contributed by atoms with Gasteiger partial charge < -0.3 is 24.8 Å². The molecule has 0 saturated carbocycles. The molecule has 29 heavy (non-hydrogen) atoms. The first kappa shape index (κ1) is 20.6. The van der Waals surface area contributed by atoms with Crippen LogP contribution in [0.3, 0.4) is 0 Å². The van der Waals surface area contributed by atoms with Crippen molar-refractivity contribution in [1.82, 2.24) is 19.1 Å². The van der Waals surface area contributed by atoms with Gasteiger partial charge >= 0.3 is 5.69 Å². The number of hydrogen-bond acceptors (Lipinski definition) is 7. The number of aliphatic hydroxyl groups excluding tert-OH is 2. The SMILES string of the molecule is Cc1cccc(OCC(O)Cn2c(NCCCO)nc3c2c(=O)[nH]c(=O)n3C)c1. The van der Waals surface area contributed by atoms with Crippen molar-refractivity contribution >= 4 is 17.1 Å². The quantitative estimate of drug-likeness (QED) is 0.369. The Labute approximate surface area is 166 Å². The Morgan fingerprint density at radius 2 is 2.14 bits per heavy atom. The Kier molecular flexibility index (Phi) is 6.35. The molecule has 10 heteroatoms. The first-order chi connectivity index (χ1) is 13.9. The molecule has 0 fully saturated rings. The number of aromatic amines is 1. The maximum Gasteiger partial charge on any atom is 0.329 e. The van der Waals surface area contributed by atoms with Crippen molar-refractivity contribution in [2.45, 2.75) is 26.0 Å². The highest BCUT2D eigenvalue weighted by Gasteiger charge is 2.19. The van der Waals surface area contributed by atoms with Gasteiger partial charge in [-0.05, 0) is 31.0 Å². The number of ether oxygens (including phenoxy) is 1. The maximum atomic E-state index is 12.4. The monoisotopic (exact) mass is 403 g/mol. The van der Waals surface area contributed by atoms with Crippen LogP contribution >= 0.6 is 0 Å². The molecule has 3 aromatic rings. The van der Waals surface area contributed by atoms with Crippen molar-refractivity contribution in [2.24, 2.45) is 7.05 Å². The number of rotatable bonds is 9. The number of aromatic nitrogens is 4. The third-order valence-corrected chi connectivity index (χ3v) is 4.45. The summed E-state index contributed by atoms with van der Waals surface area (Å²) in [7, 11) is 1.51. The fourth-order valence-corrected chi connectivity index (χ4v) is 2.99. The van der Waals surface area contributed by atoms with Crippen LogP contribution in [0.25, 0.3) is 11.2 Å². The largest absolute Gasteiger partial charge is 0.491 e. The van der Waals surface area contributed by atoms with Crippen molar-refractivity contribution in [3.8, 4) is 5.75 Å². The van der Waals surface area contributed by atoms with Gasteiger partial charge in [0.25, 0.3) is 5.56 Å². The maximum absolute atomic E-state index is 12.4. The van der Waals surface area contributed by atoms with E-state index in [2.05, 4.69) is 15.3 Å². The topological polar surface area (TPSA) is 134 Å². The summed E-state index contributed by atoms with van der Waals surface area (Å²) >= 11 is 0. The van der Waals surface area contributed by atoms with Gasteiger partial charge in [0.1, 0.15) is 18.5 Å². The lowest BCUT2D eigenvalue weighted by Crippen LogP contribution is -2.31.